The molecule has 0 atom stereocenters. The molecule has 0 radical (unpaired) electrons. The molecule has 0 bridgehead atoms. The van der Waals surface area contributed by atoms with Gasteiger partial charge in [-0.3, -0.25) is 4.79 Å². The van der Waals surface area contributed by atoms with Crippen LogP contribution in [0.4, 0.5) is 15.9 Å². The number of benzene rings is 1. The Morgan fingerprint density at radius 3 is 2.76 bits per heavy atom. The zero-order valence-electron chi connectivity index (χ0n) is 12.1. The van der Waals surface area contributed by atoms with Gasteiger partial charge < -0.3 is 10.6 Å². The summed E-state index contributed by atoms with van der Waals surface area (Å²) in [6.45, 7) is 4.50. The molecular formula is C16H18FN3O. The van der Waals surface area contributed by atoms with Crippen LogP contribution in [0.3, 0.4) is 0 Å². The molecule has 5 heteroatoms. The van der Waals surface area contributed by atoms with E-state index < -0.39 is 5.82 Å². The Kier molecular flexibility index (Phi) is 4.87. The van der Waals surface area contributed by atoms with Crippen molar-refractivity contribution in [2.45, 2.75) is 20.3 Å². The first-order chi connectivity index (χ1) is 10.2. The molecule has 0 saturated carbocycles. The van der Waals surface area contributed by atoms with Gasteiger partial charge in [0.1, 0.15) is 11.6 Å². The minimum Gasteiger partial charge on any atom is -0.370 e. The third kappa shape index (κ3) is 3.56. The Bertz CT molecular complexity index is 643. The molecule has 1 aromatic heterocycles. The first-order valence-electron chi connectivity index (χ1n) is 6.94. The van der Waals surface area contributed by atoms with Crippen LogP contribution in [0.5, 0.6) is 0 Å². The van der Waals surface area contributed by atoms with Crippen LogP contribution < -0.4 is 10.6 Å². The fourth-order valence-electron chi connectivity index (χ4n) is 2.06. The molecule has 0 spiro atoms. The highest BCUT2D eigenvalue weighted by Gasteiger charge is 2.15. The minimum absolute atomic E-state index is 0.197. The molecule has 1 heterocycles. The maximum absolute atomic E-state index is 13.4. The maximum Gasteiger partial charge on any atom is 0.259 e. The number of aryl methyl sites for hydroxylation is 1. The summed E-state index contributed by atoms with van der Waals surface area (Å²) in [7, 11) is 0. The van der Waals surface area contributed by atoms with Crippen LogP contribution in [0.25, 0.3) is 0 Å². The van der Waals surface area contributed by atoms with Gasteiger partial charge in [0.2, 0.25) is 0 Å². The van der Waals surface area contributed by atoms with Gasteiger partial charge in [-0.05, 0) is 31.0 Å². The van der Waals surface area contributed by atoms with Crippen LogP contribution in [0.1, 0.15) is 29.8 Å². The van der Waals surface area contributed by atoms with Crippen molar-refractivity contribution in [2.75, 3.05) is 17.2 Å². The zero-order chi connectivity index (χ0) is 15.2. The maximum atomic E-state index is 13.4. The molecule has 2 aromatic rings. The van der Waals surface area contributed by atoms with E-state index in [1.807, 2.05) is 38.1 Å². The molecule has 2 N–H and O–H groups in total. The van der Waals surface area contributed by atoms with Crippen LogP contribution in [0, 0.1) is 5.82 Å². The minimum atomic E-state index is -0.537. The molecule has 4 nitrogen and oxygen atoms in total. The van der Waals surface area contributed by atoms with E-state index in [9.17, 15) is 9.18 Å². The largest absolute Gasteiger partial charge is 0.370 e. The van der Waals surface area contributed by atoms with Crippen molar-refractivity contribution >= 4 is 17.4 Å². The Labute approximate surface area is 123 Å². The second-order valence-corrected chi connectivity index (χ2v) is 4.54. The number of nitrogens with one attached hydrogen (secondary N) is 2. The lowest BCUT2D eigenvalue weighted by atomic mass is 10.1. The van der Waals surface area contributed by atoms with Crippen molar-refractivity contribution in [1.29, 1.82) is 0 Å². The SMILES string of the molecule is CCNc1ncc(F)cc1C(=O)Nc1ccccc1CC. The van der Waals surface area contributed by atoms with E-state index in [1.165, 1.54) is 6.07 Å². The molecule has 0 fully saturated rings. The van der Waals surface area contributed by atoms with Gasteiger partial charge in [-0.1, -0.05) is 25.1 Å². The molecule has 0 aliphatic carbocycles. The van der Waals surface area contributed by atoms with Crippen molar-refractivity contribution in [2.24, 2.45) is 0 Å². The van der Waals surface area contributed by atoms with Gasteiger partial charge in [-0.15, -0.1) is 0 Å². The Balaban J connectivity index is 2.29. The van der Waals surface area contributed by atoms with E-state index in [4.69, 9.17) is 0 Å². The number of hydrogen-bond donors (Lipinski definition) is 2. The fraction of sp³-hybridized carbons (Fsp3) is 0.250. The van der Waals surface area contributed by atoms with Crippen LogP contribution in [0.2, 0.25) is 0 Å². The second kappa shape index (κ2) is 6.83. The molecule has 21 heavy (non-hydrogen) atoms. The van der Waals surface area contributed by atoms with E-state index >= 15 is 0 Å². The lowest BCUT2D eigenvalue weighted by molar-refractivity contribution is 0.102. The molecule has 2 rings (SSSR count). The van der Waals surface area contributed by atoms with Crippen LogP contribution in [0.15, 0.2) is 36.5 Å². The van der Waals surface area contributed by atoms with Gasteiger partial charge in [-0.2, -0.15) is 0 Å². The summed E-state index contributed by atoms with van der Waals surface area (Å²) in [5.74, 6) is -0.533. The number of para-hydroxylation sites is 1. The molecule has 1 aromatic carbocycles. The third-order valence-electron chi connectivity index (χ3n) is 3.09. The van der Waals surface area contributed by atoms with Crippen molar-refractivity contribution in [3.63, 3.8) is 0 Å². The number of anilines is 2. The smallest absolute Gasteiger partial charge is 0.259 e. The van der Waals surface area contributed by atoms with E-state index in [0.29, 0.717) is 12.4 Å². The highest BCUT2D eigenvalue weighted by Crippen LogP contribution is 2.19. The van der Waals surface area contributed by atoms with E-state index in [1.54, 1.807) is 0 Å². The molecule has 0 unspecified atom stereocenters. The molecule has 110 valence electrons. The summed E-state index contributed by atoms with van der Waals surface area (Å²) < 4.78 is 13.4. The van der Waals surface area contributed by atoms with Crippen molar-refractivity contribution in [1.82, 2.24) is 4.98 Å². The summed E-state index contributed by atoms with van der Waals surface area (Å²) in [6, 6.07) is 8.74. The van der Waals surface area contributed by atoms with Gasteiger partial charge in [-0.25, -0.2) is 9.37 Å². The van der Waals surface area contributed by atoms with Crippen LogP contribution in [-0.2, 0) is 6.42 Å². The summed E-state index contributed by atoms with van der Waals surface area (Å²) in [5, 5.41) is 5.78. The van der Waals surface area contributed by atoms with Crippen molar-refractivity contribution in [3.05, 3.63) is 53.5 Å². The van der Waals surface area contributed by atoms with E-state index in [-0.39, 0.29) is 11.5 Å². The summed E-state index contributed by atoms with van der Waals surface area (Å²) in [4.78, 5) is 16.3. The average Bonchev–Trinajstić information content (AvgIpc) is 2.49. The van der Waals surface area contributed by atoms with Gasteiger partial charge in [0.15, 0.2) is 0 Å². The normalized spacial score (nSPS) is 10.2. The quantitative estimate of drug-likeness (QED) is 0.885. The number of hydrogen-bond acceptors (Lipinski definition) is 3. The Morgan fingerprint density at radius 1 is 1.29 bits per heavy atom. The highest BCUT2D eigenvalue weighted by molar-refractivity contribution is 6.07. The van der Waals surface area contributed by atoms with Crippen LogP contribution >= 0.6 is 0 Å². The number of carbonyl (C=O) groups is 1. The molecular weight excluding hydrogens is 269 g/mol. The average molecular weight is 287 g/mol. The summed E-state index contributed by atoms with van der Waals surface area (Å²) in [6.07, 6.45) is 1.90. The van der Waals surface area contributed by atoms with Gasteiger partial charge in [0.25, 0.3) is 5.91 Å². The Hall–Kier alpha value is -2.43. The molecule has 0 aliphatic rings. The standard InChI is InChI=1S/C16H18FN3O/c1-3-11-7-5-6-8-14(11)20-16(21)13-9-12(17)10-19-15(13)18-4-2/h5-10H,3-4H2,1-2H3,(H,18,19)(H,20,21). The summed E-state index contributed by atoms with van der Waals surface area (Å²) in [5.41, 5.74) is 1.96. The molecule has 0 saturated heterocycles. The predicted octanol–water partition coefficient (Wildman–Crippen LogP) is 3.47. The number of rotatable bonds is 5. The molecule has 1 amide bonds. The van der Waals surface area contributed by atoms with Crippen molar-refractivity contribution < 1.29 is 9.18 Å². The topological polar surface area (TPSA) is 54.0 Å². The lowest BCUT2D eigenvalue weighted by Gasteiger charge is -2.12. The highest BCUT2D eigenvalue weighted by atomic mass is 19.1. The van der Waals surface area contributed by atoms with Gasteiger partial charge in [0, 0.05) is 12.2 Å². The number of nitrogens with zero attached hydrogens (tertiary/aromatic N) is 1. The number of carbonyl (C=O) groups excluding carboxylic acids is 1. The number of halogens is 1. The van der Waals surface area contributed by atoms with E-state index in [2.05, 4.69) is 15.6 Å². The first kappa shape index (κ1) is 15.0. The predicted molar refractivity (Wildman–Crippen MR) is 82.1 cm³/mol. The zero-order valence-corrected chi connectivity index (χ0v) is 12.1. The van der Waals surface area contributed by atoms with Crippen LogP contribution in [-0.4, -0.2) is 17.4 Å². The Morgan fingerprint density at radius 2 is 2.05 bits per heavy atom. The number of pyridine rings is 1. The monoisotopic (exact) mass is 287 g/mol. The second-order valence-electron chi connectivity index (χ2n) is 4.54. The fourth-order valence-corrected chi connectivity index (χ4v) is 2.06. The third-order valence-corrected chi connectivity index (χ3v) is 3.09. The van der Waals surface area contributed by atoms with Crippen molar-refractivity contribution in [3.8, 4) is 0 Å². The van der Waals surface area contributed by atoms with Gasteiger partial charge in [0.05, 0.1) is 11.8 Å². The summed E-state index contributed by atoms with van der Waals surface area (Å²) >= 11 is 0. The first-order valence-corrected chi connectivity index (χ1v) is 6.94. The van der Waals surface area contributed by atoms with E-state index in [0.717, 1.165) is 23.9 Å². The number of aromatic nitrogens is 1. The lowest BCUT2D eigenvalue weighted by Crippen LogP contribution is -2.17. The number of amides is 1. The molecule has 0 aliphatic heterocycles. The van der Waals surface area contributed by atoms with Gasteiger partial charge >= 0.3 is 0 Å².